The first-order chi connectivity index (χ1) is 17.2. The van der Waals surface area contributed by atoms with Gasteiger partial charge in [0.15, 0.2) is 6.10 Å². The molecule has 208 valence electrons. The van der Waals surface area contributed by atoms with Crippen LogP contribution < -0.4 is 0 Å². The molecule has 9 heteroatoms. The summed E-state index contributed by atoms with van der Waals surface area (Å²) in [6.07, 6.45) is 0.208. The molecule has 0 bridgehead atoms. The van der Waals surface area contributed by atoms with E-state index in [1.54, 1.807) is 65.5 Å². The summed E-state index contributed by atoms with van der Waals surface area (Å²) in [5.41, 5.74) is -1.44. The Morgan fingerprint density at radius 1 is 1.08 bits per heavy atom. The van der Waals surface area contributed by atoms with Gasteiger partial charge in [0, 0.05) is 6.42 Å². The van der Waals surface area contributed by atoms with Crippen LogP contribution in [0.15, 0.2) is 23.6 Å². The molecule has 0 unspecified atom stereocenters. The minimum Gasteiger partial charge on any atom is -0.461 e. The maximum Gasteiger partial charge on any atom is 0.311 e. The zero-order valence-electron chi connectivity index (χ0n) is 22.9. The van der Waals surface area contributed by atoms with Crippen LogP contribution in [0, 0.1) is 22.7 Å². The summed E-state index contributed by atoms with van der Waals surface area (Å²) in [4.78, 5) is 24.7. The molecule has 1 saturated heterocycles. The van der Waals surface area contributed by atoms with Crippen molar-refractivity contribution in [1.29, 1.82) is 0 Å². The maximum absolute atomic E-state index is 12.5. The van der Waals surface area contributed by atoms with Crippen LogP contribution in [0.5, 0.6) is 0 Å². The Hall–Kier alpha value is -1.83. The predicted octanol–water partition coefficient (Wildman–Crippen LogP) is 3.40. The van der Waals surface area contributed by atoms with Crippen LogP contribution in [0.2, 0.25) is 0 Å². The summed E-state index contributed by atoms with van der Waals surface area (Å²) >= 11 is 1.65. The fraction of sp³-hybridized carbons (Fsp3) is 0.714. The van der Waals surface area contributed by atoms with E-state index >= 15 is 0 Å². The second-order valence-corrected chi connectivity index (χ2v) is 12.4. The minimum atomic E-state index is -1.16. The number of thioether (sulfide) groups is 1. The van der Waals surface area contributed by atoms with Gasteiger partial charge in [-0.25, -0.2) is 0 Å². The number of rotatable bonds is 9. The number of ether oxygens (including phenoxy) is 4. The fourth-order valence-electron chi connectivity index (χ4n) is 3.50. The van der Waals surface area contributed by atoms with Crippen molar-refractivity contribution in [2.45, 2.75) is 104 Å². The Bertz CT molecular complexity index is 889. The van der Waals surface area contributed by atoms with Gasteiger partial charge in [0.05, 0.1) is 23.0 Å². The summed E-state index contributed by atoms with van der Waals surface area (Å²) in [5, 5.41) is 23.4. The largest absolute Gasteiger partial charge is 0.461 e. The monoisotopic (exact) mass is 538 g/mol. The third-order valence-corrected chi connectivity index (χ3v) is 6.44. The summed E-state index contributed by atoms with van der Waals surface area (Å²) in [6.45, 7) is 12.3. The van der Waals surface area contributed by atoms with E-state index in [-0.39, 0.29) is 6.61 Å². The number of carbonyl (C=O) groups excluding carboxylic acids is 2. The van der Waals surface area contributed by atoms with E-state index in [4.69, 9.17) is 18.9 Å². The second kappa shape index (κ2) is 13.8. The van der Waals surface area contributed by atoms with Gasteiger partial charge in [-0.15, -0.1) is 11.8 Å². The normalized spacial score (nSPS) is 29.2. The summed E-state index contributed by atoms with van der Waals surface area (Å²) in [7, 11) is 0. The van der Waals surface area contributed by atoms with Crippen molar-refractivity contribution in [3.8, 4) is 11.8 Å². The highest BCUT2D eigenvalue weighted by Crippen LogP contribution is 2.30. The average molecular weight is 539 g/mol. The van der Waals surface area contributed by atoms with Gasteiger partial charge in [0.1, 0.15) is 31.0 Å². The molecular weight excluding hydrogens is 496 g/mol. The van der Waals surface area contributed by atoms with Crippen LogP contribution in [-0.2, 0) is 28.5 Å². The molecule has 2 rings (SSSR count). The van der Waals surface area contributed by atoms with Crippen molar-refractivity contribution in [2.75, 3.05) is 12.4 Å². The van der Waals surface area contributed by atoms with Crippen molar-refractivity contribution in [2.24, 2.45) is 10.8 Å². The molecule has 1 fully saturated rings. The number of fused-ring (bicyclic) bond motifs is 1. The molecule has 0 spiro atoms. The van der Waals surface area contributed by atoms with Crippen LogP contribution in [0.4, 0.5) is 0 Å². The Morgan fingerprint density at radius 3 is 2.38 bits per heavy atom. The van der Waals surface area contributed by atoms with Crippen molar-refractivity contribution < 1.29 is 38.7 Å². The highest BCUT2D eigenvalue weighted by molar-refractivity contribution is 8.02. The lowest BCUT2D eigenvalue weighted by Gasteiger charge is -2.42. The molecular formula is C28H42O8S. The van der Waals surface area contributed by atoms with E-state index in [2.05, 4.69) is 18.8 Å². The van der Waals surface area contributed by atoms with Crippen molar-refractivity contribution in [1.82, 2.24) is 0 Å². The molecule has 7 atom stereocenters. The first-order valence-corrected chi connectivity index (χ1v) is 13.8. The predicted molar refractivity (Wildman–Crippen MR) is 143 cm³/mol. The average Bonchev–Trinajstić information content (AvgIpc) is 3.02. The van der Waals surface area contributed by atoms with Crippen molar-refractivity contribution in [3.63, 3.8) is 0 Å². The van der Waals surface area contributed by atoms with Gasteiger partial charge in [-0.1, -0.05) is 24.8 Å². The van der Waals surface area contributed by atoms with Crippen LogP contribution in [-0.4, -0.2) is 77.2 Å². The molecule has 0 aromatic heterocycles. The van der Waals surface area contributed by atoms with Crippen LogP contribution in [0.1, 0.15) is 61.3 Å². The van der Waals surface area contributed by atoms with Crippen molar-refractivity contribution in [3.05, 3.63) is 23.6 Å². The number of hydrogen-bond acceptors (Lipinski definition) is 9. The van der Waals surface area contributed by atoms with E-state index in [1.165, 1.54) is 0 Å². The van der Waals surface area contributed by atoms with Crippen LogP contribution in [0.3, 0.4) is 0 Å². The standard InChI is InChI=1S/C28H42O8S/c1-8-37-16-10-13-20-22(29)23(30)24-21(36-20)12-9-11-18(34-24)14-15-19(35-26(32)28(5,6)7)17-33-25(31)27(2,3)4/h10,14-16,18-24,29-30H,8,12-13,17H2,1-7H3/b15-14+,16-10+/t18-,19+,20-,21+,22-,23+,24+/m1/s1. The fourth-order valence-corrected chi connectivity index (χ4v) is 3.94. The number of aliphatic hydroxyl groups is 2. The summed E-state index contributed by atoms with van der Waals surface area (Å²) in [6, 6.07) is 0. The Morgan fingerprint density at radius 2 is 1.76 bits per heavy atom. The first kappa shape index (κ1) is 31.4. The van der Waals surface area contributed by atoms with Crippen molar-refractivity contribution >= 4 is 23.7 Å². The molecule has 0 aromatic carbocycles. The van der Waals surface area contributed by atoms with Gasteiger partial charge < -0.3 is 29.2 Å². The maximum atomic E-state index is 12.5. The van der Waals surface area contributed by atoms with Crippen LogP contribution in [0.25, 0.3) is 0 Å². The molecule has 2 N–H and O–H groups in total. The van der Waals surface area contributed by atoms with Gasteiger partial charge in [0.25, 0.3) is 0 Å². The van der Waals surface area contributed by atoms with E-state index in [0.29, 0.717) is 12.8 Å². The third kappa shape index (κ3) is 9.77. The Labute approximate surface area is 225 Å². The molecule has 2 heterocycles. The molecule has 0 amide bonds. The van der Waals surface area contributed by atoms with E-state index in [1.807, 2.05) is 11.5 Å². The number of esters is 2. The van der Waals surface area contributed by atoms with Crippen LogP contribution >= 0.6 is 11.8 Å². The third-order valence-electron chi connectivity index (χ3n) is 5.72. The quantitative estimate of drug-likeness (QED) is 0.259. The first-order valence-electron chi connectivity index (χ1n) is 12.7. The molecule has 0 radical (unpaired) electrons. The lowest BCUT2D eigenvalue weighted by atomic mass is 9.92. The molecule has 2 aliphatic heterocycles. The number of hydrogen-bond donors (Lipinski definition) is 2. The Balaban J connectivity index is 2.10. The number of aliphatic hydroxyl groups excluding tert-OH is 2. The van der Waals surface area contributed by atoms with E-state index < -0.39 is 65.5 Å². The zero-order chi connectivity index (χ0) is 27.8. The topological polar surface area (TPSA) is 112 Å². The minimum absolute atomic E-state index is 0.156. The SMILES string of the molecule is CCS/C=C/C[C@H]1O[C@H]2CC#C[C@H](/C=C/[C@@H](COC(=O)C(C)(C)C)OC(=O)C(C)(C)C)O[C@@H]2[C@@H](O)[C@@H]1O. The lowest BCUT2D eigenvalue weighted by molar-refractivity contribution is -0.233. The Kier molecular flexibility index (Phi) is 11.7. The van der Waals surface area contributed by atoms with Gasteiger partial charge in [-0.05, 0) is 71.3 Å². The molecule has 0 saturated carbocycles. The summed E-state index contributed by atoms with van der Waals surface area (Å²) in [5.74, 6) is 6.10. The number of carbonyl (C=O) groups is 2. The highest BCUT2D eigenvalue weighted by atomic mass is 32.2. The molecule has 8 nitrogen and oxygen atoms in total. The smallest absolute Gasteiger partial charge is 0.311 e. The van der Waals surface area contributed by atoms with Gasteiger partial charge >= 0.3 is 11.9 Å². The lowest BCUT2D eigenvalue weighted by Crippen LogP contribution is -2.58. The molecule has 0 aliphatic carbocycles. The second-order valence-electron chi connectivity index (χ2n) is 11.2. The molecule has 2 aliphatic rings. The van der Waals surface area contributed by atoms with Gasteiger partial charge in [0.2, 0.25) is 0 Å². The zero-order valence-corrected chi connectivity index (χ0v) is 23.7. The molecule has 0 aromatic rings. The summed E-state index contributed by atoms with van der Waals surface area (Å²) < 4.78 is 23.0. The van der Waals surface area contributed by atoms with E-state index in [0.717, 1.165) is 5.75 Å². The van der Waals surface area contributed by atoms with E-state index in [9.17, 15) is 19.8 Å². The van der Waals surface area contributed by atoms with Gasteiger partial charge in [-0.2, -0.15) is 0 Å². The molecule has 37 heavy (non-hydrogen) atoms. The van der Waals surface area contributed by atoms with Gasteiger partial charge in [-0.3, -0.25) is 9.59 Å². The highest BCUT2D eigenvalue weighted by Gasteiger charge is 2.45.